The van der Waals surface area contributed by atoms with E-state index in [2.05, 4.69) is 57.5 Å². The molecule has 11 rings (SSSR count). The van der Waals surface area contributed by atoms with Gasteiger partial charge in [0.1, 0.15) is 48.1 Å². The summed E-state index contributed by atoms with van der Waals surface area (Å²) in [4.78, 5) is 85.5. The highest BCUT2D eigenvalue weighted by Crippen LogP contribution is 2.30. The van der Waals surface area contributed by atoms with E-state index >= 15 is 0 Å². The number of imidazole rings is 2. The molecule has 0 aliphatic rings. The topological polar surface area (TPSA) is 303 Å². The van der Waals surface area contributed by atoms with Gasteiger partial charge in [-0.2, -0.15) is 0 Å². The number of nitrogens with two attached hydrogens (primary N) is 2. The molecule has 0 radical (unpaired) electrons. The third-order valence-corrected chi connectivity index (χ3v) is 16.8. The van der Waals surface area contributed by atoms with E-state index in [0.29, 0.717) is 58.1 Å². The molecule has 0 atom stereocenters. The minimum atomic E-state index is -0.467. The van der Waals surface area contributed by atoms with Crippen molar-refractivity contribution in [1.82, 2.24) is 59.8 Å². The number of nitrogens with one attached hydrogen (secondary N) is 4. The van der Waals surface area contributed by atoms with Crippen molar-refractivity contribution in [3.05, 3.63) is 211 Å². The molecule has 8 N–H and O–H groups in total. The molecule has 5 amide bonds. The highest BCUT2D eigenvalue weighted by atomic mass is 16.6. The van der Waals surface area contributed by atoms with E-state index in [0.717, 1.165) is 160 Å². The van der Waals surface area contributed by atoms with Crippen molar-refractivity contribution in [2.75, 3.05) is 57.4 Å². The van der Waals surface area contributed by atoms with E-state index < -0.39 is 11.7 Å². The third kappa shape index (κ3) is 25.5. The number of fused-ring (bicyclic) bond motifs is 7. The Hall–Kier alpha value is -11.4. The van der Waals surface area contributed by atoms with E-state index in [1.807, 2.05) is 199 Å². The van der Waals surface area contributed by atoms with Crippen molar-refractivity contribution in [1.29, 1.82) is 0 Å². The Labute approximate surface area is 622 Å². The number of ether oxygens (including phenoxy) is 4. The molecular weight excluding hydrogens is 1340 g/mol. The molecule has 0 fully saturated rings. The summed E-state index contributed by atoms with van der Waals surface area (Å²) in [6.45, 7) is 17.8. The lowest BCUT2D eigenvalue weighted by atomic mass is 10.1. The van der Waals surface area contributed by atoms with Crippen LogP contribution in [-0.2, 0) is 69.7 Å². The van der Waals surface area contributed by atoms with Gasteiger partial charge in [-0.1, -0.05) is 166 Å². The van der Waals surface area contributed by atoms with Crippen molar-refractivity contribution >= 4 is 96.4 Å². The molecule has 0 aliphatic carbocycles. The van der Waals surface area contributed by atoms with Crippen molar-refractivity contribution < 1.29 is 42.9 Å². The van der Waals surface area contributed by atoms with Crippen LogP contribution in [0.15, 0.2) is 182 Å². The van der Waals surface area contributed by atoms with Crippen molar-refractivity contribution in [3.8, 4) is 0 Å². The summed E-state index contributed by atoms with van der Waals surface area (Å²) in [5.74, 6) is 1.66. The maximum atomic E-state index is 12.9. The van der Waals surface area contributed by atoms with Crippen LogP contribution in [0.3, 0.4) is 0 Å². The maximum absolute atomic E-state index is 12.9. The molecule has 5 heterocycles. The van der Waals surface area contributed by atoms with Crippen LogP contribution in [0, 0.1) is 0 Å². The minimum absolute atomic E-state index is 0. The normalized spacial score (nSPS) is 10.8. The number of aryl methyl sites for hydroxylation is 2. The van der Waals surface area contributed by atoms with Gasteiger partial charge in [-0.05, 0) is 115 Å². The van der Waals surface area contributed by atoms with Crippen LogP contribution >= 0.6 is 0 Å². The molecule has 5 aromatic heterocycles. The van der Waals surface area contributed by atoms with Crippen LogP contribution in [0.5, 0.6) is 0 Å². The average Bonchev–Trinajstić information content (AvgIpc) is 1.62. The summed E-state index contributed by atoms with van der Waals surface area (Å²) >= 11 is 0. The number of hydrogen-bond acceptors (Lipinski definition) is 17. The molecule has 0 saturated heterocycles. The van der Waals surface area contributed by atoms with E-state index in [-0.39, 0.29) is 44.8 Å². The molecule has 0 spiro atoms. The number of carbonyl (C=O) groups excluding carboxylic acids is 5. The predicted molar refractivity (Wildman–Crippen MR) is 421 cm³/mol. The summed E-state index contributed by atoms with van der Waals surface area (Å²) in [7, 11) is 1.54. The molecule has 562 valence electrons. The number of pyridine rings is 3. The molecule has 24 nitrogen and oxygen atoms in total. The van der Waals surface area contributed by atoms with Gasteiger partial charge in [0.2, 0.25) is 5.91 Å². The van der Waals surface area contributed by atoms with Gasteiger partial charge in [-0.25, -0.2) is 29.1 Å². The lowest BCUT2D eigenvalue weighted by Gasteiger charge is -2.21. The van der Waals surface area contributed by atoms with Gasteiger partial charge in [0, 0.05) is 75.9 Å². The molecule has 106 heavy (non-hydrogen) atoms. The van der Waals surface area contributed by atoms with Gasteiger partial charge >= 0.3 is 24.4 Å². The average molecular weight is 1440 g/mol. The number of aromatic nitrogens is 7. The smallest absolute Gasteiger partial charge is 0.410 e. The number of nitrogen functional groups attached to an aromatic ring is 1. The number of benzene rings is 6. The third-order valence-electron chi connectivity index (χ3n) is 16.8. The van der Waals surface area contributed by atoms with Gasteiger partial charge in [0.25, 0.3) is 0 Å². The largest absolute Gasteiger partial charge is 0.445 e. The zero-order valence-electron chi connectivity index (χ0n) is 61.5. The quantitative estimate of drug-likeness (QED) is 0.0187. The van der Waals surface area contributed by atoms with Crippen LogP contribution < -0.4 is 32.7 Å². The highest BCUT2D eigenvalue weighted by Gasteiger charge is 2.23. The number of rotatable bonds is 29. The predicted octanol–water partition coefficient (Wildman–Crippen LogP) is 15.6. The highest BCUT2D eigenvalue weighted by molar-refractivity contribution is 6.03. The number of anilines is 2. The standard InChI is InChI=1S/C29H35N5O3.C25H29N5O2.C18H26N4O2.C9H11NO2.CH4/c1-3-33(29(36)37-21-23-13-7-6-8-14-23)20-27-32-26-19-31-25-16-10-9-15-24(25)28(26)34(27)18-12-5-4-11-17-30-22(2)35;1-2-29(25(31)32-18-19-10-4-3-5-11-19)17-23-28-22-16-27-21-13-7-6-12-20(21)24(22)30(23)15-9-8-14-26;1-18(2,3)24-17(23)21-11-7-6-10-20-16-13-8-4-5-9-15(13)22-12-14(16)19;1-10-9(11)12-7-8-5-3-2-4-6-8;/h6-10,13-16,19H,3-5,11-12,17-18,20-21H2,1-2H3,(H,30,35);3-7,10-13,16H,2,8-9,14-15,17-18,26H2,1H3;4-5,8-9,12H,6-7,10-11,19H2,1-3H3,(H,20,22)(H,21,23);2-6H,7H2,1H3,(H,10,11);1H4. The first kappa shape index (κ1) is 81.9. The number of hydrogen-bond donors (Lipinski definition) is 6. The fourth-order valence-electron chi connectivity index (χ4n) is 11.5. The molecule has 0 aliphatic heterocycles. The summed E-state index contributed by atoms with van der Waals surface area (Å²) in [6.07, 6.45) is 11.5. The van der Waals surface area contributed by atoms with Gasteiger partial charge in [-0.15, -0.1) is 0 Å². The van der Waals surface area contributed by atoms with Crippen LogP contribution in [0.4, 0.5) is 30.6 Å². The Morgan fingerprint density at radius 3 is 1.35 bits per heavy atom. The first-order valence-corrected chi connectivity index (χ1v) is 36.0. The number of unbranched alkanes of at least 4 members (excludes halogenated alkanes) is 5. The monoisotopic (exact) mass is 1440 g/mol. The number of para-hydroxylation sites is 3. The van der Waals surface area contributed by atoms with Crippen LogP contribution in [0.2, 0.25) is 0 Å². The van der Waals surface area contributed by atoms with E-state index in [4.69, 9.17) is 40.4 Å². The second-order valence-corrected chi connectivity index (χ2v) is 25.9. The van der Waals surface area contributed by atoms with Crippen LogP contribution in [0.1, 0.15) is 129 Å². The lowest BCUT2D eigenvalue weighted by Crippen LogP contribution is -2.33. The van der Waals surface area contributed by atoms with Crippen molar-refractivity contribution in [2.24, 2.45) is 5.73 Å². The van der Waals surface area contributed by atoms with E-state index in [1.54, 1.807) is 22.9 Å². The van der Waals surface area contributed by atoms with Gasteiger partial charge in [-0.3, -0.25) is 19.7 Å². The van der Waals surface area contributed by atoms with E-state index in [9.17, 15) is 24.0 Å². The molecule has 11 aromatic rings. The molecular formula is C82H105N15O9. The van der Waals surface area contributed by atoms with Crippen molar-refractivity contribution in [2.45, 2.75) is 152 Å². The van der Waals surface area contributed by atoms with Crippen LogP contribution in [-0.4, -0.2) is 126 Å². The first-order chi connectivity index (χ1) is 51.0. The molecule has 6 aromatic carbocycles. The van der Waals surface area contributed by atoms with Crippen molar-refractivity contribution in [3.63, 3.8) is 0 Å². The number of carbonyl (C=O) groups is 5. The second kappa shape index (κ2) is 43.0. The Balaban J connectivity index is 0.000000208. The first-order valence-electron chi connectivity index (χ1n) is 36.0. The van der Waals surface area contributed by atoms with Gasteiger partial charge in [0.05, 0.1) is 70.6 Å². The van der Waals surface area contributed by atoms with Crippen LogP contribution in [0.25, 0.3) is 54.8 Å². The SMILES string of the molecule is C.CC(C)(C)OC(=O)NCCCCNc1c(N)cnc2ccccc12.CCN(Cc1nc2cnc3ccccc3c2n1CCCCCCNC(C)=O)C(=O)OCc1ccccc1.CCN(Cc1nc2cnc3ccccc3c2n1CCCCN)C(=O)OCc1ccccc1.CNC(=O)OCc1ccccc1. The minimum Gasteiger partial charge on any atom is -0.445 e. The fourth-order valence-corrected chi connectivity index (χ4v) is 11.5. The Morgan fingerprint density at radius 2 is 0.887 bits per heavy atom. The zero-order valence-corrected chi connectivity index (χ0v) is 61.5. The second-order valence-electron chi connectivity index (χ2n) is 25.9. The molecule has 0 unspecified atom stereocenters. The Bertz CT molecular complexity index is 4530. The number of nitrogens with zero attached hydrogens (tertiary/aromatic N) is 9. The molecule has 24 heteroatoms. The summed E-state index contributed by atoms with van der Waals surface area (Å²) in [5, 5.41) is 14.5. The van der Waals surface area contributed by atoms with Gasteiger partial charge < -0.3 is 70.6 Å². The Morgan fingerprint density at radius 1 is 0.481 bits per heavy atom. The lowest BCUT2D eigenvalue weighted by molar-refractivity contribution is -0.118. The molecule has 0 saturated carbocycles. The fraction of sp³-hybridized carbons (Fsp3) is 0.366. The van der Waals surface area contributed by atoms with Gasteiger partial charge in [0.15, 0.2) is 0 Å². The summed E-state index contributed by atoms with van der Waals surface area (Å²) in [5.41, 5.74) is 22.3. The maximum Gasteiger partial charge on any atom is 0.410 e. The zero-order chi connectivity index (χ0) is 74.8. The number of alkyl carbamates (subject to hydrolysis) is 2. The summed E-state index contributed by atoms with van der Waals surface area (Å²) in [6, 6.07) is 53.0. The summed E-state index contributed by atoms with van der Waals surface area (Å²) < 4.78 is 25.6. The number of amides is 5. The van der Waals surface area contributed by atoms with E-state index in [1.165, 1.54) is 7.05 Å². The molecule has 0 bridgehead atoms. The Kier molecular flexibility index (Phi) is 33.2.